The Kier molecular flexibility index (Phi) is 6.65. The summed E-state index contributed by atoms with van der Waals surface area (Å²) in [5.74, 6) is -0.608. The molecule has 34 heavy (non-hydrogen) atoms. The van der Waals surface area contributed by atoms with Gasteiger partial charge in [0, 0.05) is 0 Å². The molecule has 6 nitrogen and oxygen atoms in total. The van der Waals surface area contributed by atoms with Crippen LogP contribution in [0, 0.1) is 0 Å². The Morgan fingerprint density at radius 1 is 1.00 bits per heavy atom. The summed E-state index contributed by atoms with van der Waals surface area (Å²) in [6.07, 6.45) is -0.0697. The Bertz CT molecular complexity index is 1330. The number of nitrogens with zero attached hydrogens (tertiary/aromatic N) is 1. The number of nitrogens with two attached hydrogens (primary N) is 1. The summed E-state index contributed by atoms with van der Waals surface area (Å²) in [7, 11) is 0. The van der Waals surface area contributed by atoms with E-state index in [1.165, 1.54) is 11.3 Å². The molecule has 1 atom stereocenters. The Morgan fingerprint density at radius 3 is 2.35 bits per heavy atom. The van der Waals surface area contributed by atoms with Crippen LogP contribution in [0.5, 0.6) is 0 Å². The normalized spacial score (nSPS) is 12.3. The third-order valence-corrected chi connectivity index (χ3v) is 6.37. The van der Waals surface area contributed by atoms with E-state index in [1.54, 1.807) is 0 Å². The molecule has 174 valence electrons. The van der Waals surface area contributed by atoms with Gasteiger partial charge in [0.15, 0.2) is 0 Å². The molecule has 4 rings (SSSR count). The largest absolute Gasteiger partial charge is 0.444 e. The van der Waals surface area contributed by atoms with Crippen LogP contribution in [0.2, 0.25) is 0 Å². The predicted molar refractivity (Wildman–Crippen MR) is 136 cm³/mol. The number of alkyl carbamates (subject to hydrolysis) is 1. The number of fused-ring (bicyclic) bond motifs is 1. The van der Waals surface area contributed by atoms with Crippen LogP contribution in [0.15, 0.2) is 72.8 Å². The lowest BCUT2D eigenvalue weighted by atomic mass is 10.0. The van der Waals surface area contributed by atoms with Crippen molar-refractivity contribution in [2.24, 2.45) is 5.73 Å². The number of nitrogens with one attached hydrogen (secondary N) is 1. The quantitative estimate of drug-likeness (QED) is 0.366. The monoisotopic (exact) mass is 473 g/mol. The first-order valence-corrected chi connectivity index (χ1v) is 11.8. The van der Waals surface area contributed by atoms with Crippen molar-refractivity contribution < 1.29 is 14.3 Å². The van der Waals surface area contributed by atoms with Crippen LogP contribution in [-0.2, 0) is 11.2 Å². The summed E-state index contributed by atoms with van der Waals surface area (Å²) in [5, 5.41) is 5.79. The van der Waals surface area contributed by atoms with Crippen molar-refractivity contribution in [1.82, 2.24) is 10.3 Å². The SMILES string of the molecule is CC(C)(C)OC(=O)NC(Cc1ccc2ccccc2c1)c1nc(C(N)=O)c(-c2ccccc2)s1. The Morgan fingerprint density at radius 2 is 1.68 bits per heavy atom. The average molecular weight is 474 g/mol. The highest BCUT2D eigenvalue weighted by Gasteiger charge is 2.26. The number of carbonyl (C=O) groups is 2. The molecular formula is C27H27N3O3S. The number of hydrogen-bond acceptors (Lipinski definition) is 5. The molecule has 1 heterocycles. The van der Waals surface area contributed by atoms with Crippen LogP contribution in [0.3, 0.4) is 0 Å². The van der Waals surface area contributed by atoms with E-state index in [-0.39, 0.29) is 5.69 Å². The van der Waals surface area contributed by atoms with Crippen LogP contribution in [-0.4, -0.2) is 22.6 Å². The maximum atomic E-state index is 12.7. The minimum atomic E-state index is -0.645. The van der Waals surface area contributed by atoms with Crippen molar-refractivity contribution in [3.05, 3.63) is 89.1 Å². The van der Waals surface area contributed by atoms with E-state index in [9.17, 15) is 9.59 Å². The van der Waals surface area contributed by atoms with Gasteiger partial charge >= 0.3 is 6.09 Å². The van der Waals surface area contributed by atoms with Crippen LogP contribution >= 0.6 is 11.3 Å². The lowest BCUT2D eigenvalue weighted by Crippen LogP contribution is -2.35. The number of rotatable bonds is 6. The molecule has 0 spiro atoms. The van der Waals surface area contributed by atoms with Gasteiger partial charge in [-0.05, 0) is 49.1 Å². The number of thiazole rings is 1. The summed E-state index contributed by atoms with van der Waals surface area (Å²) < 4.78 is 5.50. The molecule has 1 aromatic heterocycles. The zero-order chi connectivity index (χ0) is 24.3. The smallest absolute Gasteiger partial charge is 0.408 e. The van der Waals surface area contributed by atoms with Crippen LogP contribution in [0.1, 0.15) is 47.9 Å². The summed E-state index contributed by atoms with van der Waals surface area (Å²) in [6, 6.07) is 23.3. The molecule has 0 fully saturated rings. The number of benzene rings is 3. The van der Waals surface area contributed by atoms with Crippen molar-refractivity contribution in [3.8, 4) is 10.4 Å². The van der Waals surface area contributed by atoms with Gasteiger partial charge in [0.05, 0.1) is 10.9 Å². The van der Waals surface area contributed by atoms with Gasteiger partial charge in [-0.1, -0.05) is 72.8 Å². The summed E-state index contributed by atoms with van der Waals surface area (Å²) >= 11 is 1.35. The van der Waals surface area contributed by atoms with Gasteiger partial charge in [-0.2, -0.15) is 0 Å². The molecule has 0 aliphatic carbocycles. The summed E-state index contributed by atoms with van der Waals surface area (Å²) in [5.41, 5.74) is 7.08. The molecule has 2 amide bonds. The van der Waals surface area contributed by atoms with Gasteiger partial charge in [-0.3, -0.25) is 4.79 Å². The van der Waals surface area contributed by atoms with Gasteiger partial charge in [-0.25, -0.2) is 9.78 Å². The van der Waals surface area contributed by atoms with E-state index in [4.69, 9.17) is 10.5 Å². The van der Waals surface area contributed by atoms with Gasteiger partial charge in [0.2, 0.25) is 0 Å². The topological polar surface area (TPSA) is 94.3 Å². The van der Waals surface area contributed by atoms with E-state index < -0.39 is 23.6 Å². The minimum absolute atomic E-state index is 0.195. The van der Waals surface area contributed by atoms with E-state index in [2.05, 4.69) is 34.6 Å². The highest BCUT2D eigenvalue weighted by atomic mass is 32.1. The second kappa shape index (κ2) is 9.65. The average Bonchev–Trinajstić information content (AvgIpc) is 3.24. The standard InChI is InChI=1S/C27H27N3O3S/c1-27(2,3)33-26(32)29-21(16-17-13-14-18-9-7-8-12-20(18)15-17)25-30-22(24(28)31)23(34-25)19-10-5-4-6-11-19/h4-15,21H,16H2,1-3H3,(H2,28,31)(H,29,32). The lowest BCUT2D eigenvalue weighted by Gasteiger charge is -2.23. The van der Waals surface area contributed by atoms with E-state index in [0.717, 1.165) is 21.9 Å². The van der Waals surface area contributed by atoms with Crippen molar-refractivity contribution in [3.63, 3.8) is 0 Å². The lowest BCUT2D eigenvalue weighted by molar-refractivity contribution is 0.0503. The Balaban J connectivity index is 1.72. The molecule has 0 radical (unpaired) electrons. The molecule has 7 heteroatoms. The molecule has 1 unspecified atom stereocenters. The Labute approximate surface area is 202 Å². The Hall–Kier alpha value is -3.71. The van der Waals surface area contributed by atoms with E-state index >= 15 is 0 Å². The van der Waals surface area contributed by atoms with Gasteiger partial charge in [-0.15, -0.1) is 11.3 Å². The molecule has 3 N–H and O–H groups in total. The van der Waals surface area contributed by atoms with Gasteiger partial charge < -0.3 is 15.8 Å². The zero-order valence-electron chi connectivity index (χ0n) is 19.4. The number of ether oxygens (including phenoxy) is 1. The highest BCUT2D eigenvalue weighted by Crippen LogP contribution is 2.34. The van der Waals surface area contributed by atoms with Gasteiger partial charge in [0.1, 0.15) is 16.3 Å². The van der Waals surface area contributed by atoms with Crippen molar-refractivity contribution in [1.29, 1.82) is 0 Å². The molecule has 0 saturated carbocycles. The first-order chi connectivity index (χ1) is 16.2. The van der Waals surface area contributed by atoms with Gasteiger partial charge in [0.25, 0.3) is 5.91 Å². The van der Waals surface area contributed by atoms with Crippen LogP contribution < -0.4 is 11.1 Å². The summed E-state index contributed by atoms with van der Waals surface area (Å²) in [4.78, 5) is 30.1. The minimum Gasteiger partial charge on any atom is -0.444 e. The van der Waals surface area contributed by atoms with E-state index in [1.807, 2.05) is 69.3 Å². The third-order valence-electron chi connectivity index (χ3n) is 5.16. The first-order valence-electron chi connectivity index (χ1n) is 11.0. The first kappa shape index (κ1) is 23.4. The molecule has 0 saturated heterocycles. The van der Waals surface area contributed by atoms with Crippen molar-refractivity contribution in [2.75, 3.05) is 0 Å². The maximum absolute atomic E-state index is 12.7. The second-order valence-electron chi connectivity index (χ2n) is 9.04. The predicted octanol–water partition coefficient (Wildman–Crippen LogP) is 5.87. The summed E-state index contributed by atoms with van der Waals surface area (Å²) in [6.45, 7) is 5.44. The number of aromatic nitrogens is 1. The van der Waals surface area contributed by atoms with Crippen molar-refractivity contribution in [2.45, 2.75) is 38.8 Å². The number of primary amides is 1. The maximum Gasteiger partial charge on any atom is 0.408 e. The number of amides is 2. The molecule has 4 aromatic rings. The molecule has 3 aromatic carbocycles. The van der Waals surface area contributed by atoms with Crippen molar-refractivity contribution >= 4 is 34.1 Å². The number of hydrogen-bond donors (Lipinski definition) is 2. The third kappa shape index (κ3) is 5.61. The fourth-order valence-corrected chi connectivity index (χ4v) is 4.82. The molecule has 0 aliphatic rings. The van der Waals surface area contributed by atoms with Crippen LogP contribution in [0.4, 0.5) is 4.79 Å². The molecular weight excluding hydrogens is 446 g/mol. The van der Waals surface area contributed by atoms with Crippen LogP contribution in [0.25, 0.3) is 21.2 Å². The second-order valence-corrected chi connectivity index (χ2v) is 10.1. The fourth-order valence-electron chi connectivity index (χ4n) is 3.69. The molecule has 0 aliphatic heterocycles. The fraction of sp³-hybridized carbons (Fsp3) is 0.222. The highest BCUT2D eigenvalue weighted by molar-refractivity contribution is 7.15. The molecule has 0 bridgehead atoms. The zero-order valence-corrected chi connectivity index (χ0v) is 20.2. The van der Waals surface area contributed by atoms with E-state index in [0.29, 0.717) is 16.3 Å². The number of carbonyl (C=O) groups excluding carboxylic acids is 2.